The van der Waals surface area contributed by atoms with Crippen LogP contribution in [0.5, 0.6) is 0 Å². The molecule has 126 valence electrons. The number of hydrogen-bond donors (Lipinski definition) is 0. The molecule has 3 nitrogen and oxygen atoms in total. The number of aromatic nitrogens is 2. The molecule has 0 unspecified atom stereocenters. The van der Waals surface area contributed by atoms with Crippen LogP contribution in [0.1, 0.15) is 21.5 Å². The predicted octanol–water partition coefficient (Wildman–Crippen LogP) is 5.00. The number of nitrogens with zero attached hydrogens (tertiary/aromatic N) is 2. The van der Waals surface area contributed by atoms with Crippen molar-refractivity contribution in [3.63, 3.8) is 0 Å². The normalized spacial score (nSPS) is 12.5. The lowest BCUT2D eigenvalue weighted by Crippen LogP contribution is -2.07. The van der Waals surface area contributed by atoms with Gasteiger partial charge in [0.1, 0.15) is 0 Å². The minimum absolute atomic E-state index is 0.105. The topological polar surface area (TPSA) is 42.9 Å². The Kier molecular flexibility index (Phi) is 4.92. The molecule has 1 aromatic carbocycles. The first-order valence-electron chi connectivity index (χ1n) is 7.98. The Hall–Kier alpha value is -1.63. The van der Waals surface area contributed by atoms with Crippen molar-refractivity contribution in [2.45, 2.75) is 22.2 Å². The molecule has 0 aliphatic heterocycles. The standard InChI is InChI=1S/C19H16N2OS3/c1-23-18-16-14(10-24-18)8-7-13-9-20-19(21-17(13)16)25-11-15(22)12-5-3-2-4-6-12/h2-6,9-10H,7-8,11H2,1H3. The molecule has 6 heteroatoms. The van der Waals surface area contributed by atoms with Crippen LogP contribution in [0.4, 0.5) is 0 Å². The van der Waals surface area contributed by atoms with Crippen LogP contribution < -0.4 is 0 Å². The van der Waals surface area contributed by atoms with Crippen molar-refractivity contribution in [2.24, 2.45) is 0 Å². The zero-order valence-corrected chi connectivity index (χ0v) is 16.1. The fourth-order valence-corrected chi connectivity index (χ4v) is 5.42. The number of rotatable bonds is 5. The number of hydrogen-bond acceptors (Lipinski definition) is 6. The van der Waals surface area contributed by atoms with Gasteiger partial charge in [-0.15, -0.1) is 23.1 Å². The molecule has 1 aliphatic carbocycles. The van der Waals surface area contributed by atoms with E-state index in [1.165, 1.54) is 32.7 Å². The van der Waals surface area contributed by atoms with E-state index in [0.717, 1.165) is 24.1 Å². The van der Waals surface area contributed by atoms with E-state index >= 15 is 0 Å². The second-order valence-electron chi connectivity index (χ2n) is 5.73. The summed E-state index contributed by atoms with van der Waals surface area (Å²) in [6, 6.07) is 9.38. The number of ketones is 1. The molecule has 0 saturated heterocycles. The Balaban J connectivity index is 1.57. The Bertz CT molecular complexity index is 908. The molecule has 25 heavy (non-hydrogen) atoms. The maximum Gasteiger partial charge on any atom is 0.188 e. The number of Topliss-reactive ketones (excluding diaryl/α,β-unsaturated/α-hetero) is 1. The van der Waals surface area contributed by atoms with Gasteiger partial charge in [-0.3, -0.25) is 4.79 Å². The Morgan fingerprint density at radius 3 is 2.80 bits per heavy atom. The maximum atomic E-state index is 12.3. The quantitative estimate of drug-likeness (QED) is 0.352. The van der Waals surface area contributed by atoms with E-state index in [1.807, 2.05) is 36.5 Å². The summed E-state index contributed by atoms with van der Waals surface area (Å²) in [5.74, 6) is 0.460. The van der Waals surface area contributed by atoms with Crippen molar-refractivity contribution in [3.8, 4) is 11.3 Å². The van der Waals surface area contributed by atoms with Gasteiger partial charge in [0.15, 0.2) is 10.9 Å². The van der Waals surface area contributed by atoms with Gasteiger partial charge in [0.2, 0.25) is 0 Å². The van der Waals surface area contributed by atoms with Crippen molar-refractivity contribution < 1.29 is 4.79 Å². The molecule has 0 fully saturated rings. The van der Waals surface area contributed by atoms with Crippen LogP contribution in [0.3, 0.4) is 0 Å². The molecule has 0 atom stereocenters. The summed E-state index contributed by atoms with van der Waals surface area (Å²) in [5, 5.41) is 2.92. The SMILES string of the molecule is CSc1scc2c1-c1nc(SCC(=O)c3ccccc3)ncc1CC2. The first kappa shape index (κ1) is 16.8. The van der Waals surface area contributed by atoms with Gasteiger partial charge >= 0.3 is 0 Å². The van der Waals surface area contributed by atoms with Gasteiger partial charge in [0.05, 0.1) is 15.7 Å². The largest absolute Gasteiger partial charge is 0.293 e. The number of benzene rings is 1. The molecule has 2 aromatic heterocycles. The molecule has 0 amide bonds. The van der Waals surface area contributed by atoms with Gasteiger partial charge in [-0.2, -0.15) is 0 Å². The van der Waals surface area contributed by atoms with Crippen LogP contribution in [0, 0.1) is 0 Å². The van der Waals surface area contributed by atoms with E-state index in [9.17, 15) is 4.79 Å². The minimum atomic E-state index is 0.105. The van der Waals surface area contributed by atoms with Gasteiger partial charge in [0.25, 0.3) is 0 Å². The van der Waals surface area contributed by atoms with Crippen LogP contribution >= 0.6 is 34.9 Å². The molecule has 0 radical (unpaired) electrons. The summed E-state index contributed by atoms with van der Waals surface area (Å²) < 4.78 is 1.31. The first-order chi connectivity index (χ1) is 12.3. The summed E-state index contributed by atoms with van der Waals surface area (Å²) in [7, 11) is 0. The van der Waals surface area contributed by atoms with Crippen molar-refractivity contribution in [2.75, 3.05) is 12.0 Å². The molecule has 4 rings (SSSR count). The van der Waals surface area contributed by atoms with Crippen molar-refractivity contribution in [1.29, 1.82) is 0 Å². The van der Waals surface area contributed by atoms with Crippen molar-refractivity contribution in [1.82, 2.24) is 9.97 Å². The van der Waals surface area contributed by atoms with Gasteiger partial charge in [-0.1, -0.05) is 42.1 Å². The molecular weight excluding hydrogens is 368 g/mol. The van der Waals surface area contributed by atoms with E-state index in [0.29, 0.717) is 10.9 Å². The molecule has 1 aliphatic rings. The maximum absolute atomic E-state index is 12.3. The van der Waals surface area contributed by atoms with Crippen LogP contribution in [0.2, 0.25) is 0 Å². The van der Waals surface area contributed by atoms with Crippen LogP contribution in [0.15, 0.2) is 51.3 Å². The van der Waals surface area contributed by atoms with Crippen molar-refractivity contribution in [3.05, 3.63) is 58.6 Å². The second-order valence-corrected chi connectivity index (χ2v) is 8.63. The Labute approximate surface area is 159 Å². The number of fused-ring (bicyclic) bond motifs is 3. The average Bonchev–Trinajstić information content (AvgIpc) is 3.10. The molecule has 0 N–H and O–H groups in total. The number of aryl methyl sites for hydroxylation is 2. The zero-order chi connectivity index (χ0) is 17.2. The minimum Gasteiger partial charge on any atom is -0.293 e. The fourth-order valence-electron chi connectivity index (χ4n) is 2.92. The number of carbonyl (C=O) groups is 1. The van der Waals surface area contributed by atoms with E-state index in [2.05, 4.69) is 16.6 Å². The zero-order valence-electron chi connectivity index (χ0n) is 13.7. The monoisotopic (exact) mass is 384 g/mol. The van der Waals surface area contributed by atoms with Gasteiger partial charge in [-0.25, -0.2) is 9.97 Å². The van der Waals surface area contributed by atoms with E-state index in [-0.39, 0.29) is 5.78 Å². The third kappa shape index (κ3) is 3.38. The van der Waals surface area contributed by atoms with Crippen molar-refractivity contribution >= 4 is 40.6 Å². The summed E-state index contributed by atoms with van der Waals surface area (Å²) in [6.07, 6.45) is 6.08. The smallest absolute Gasteiger partial charge is 0.188 e. The molecule has 3 aromatic rings. The highest BCUT2D eigenvalue weighted by atomic mass is 32.2. The highest BCUT2D eigenvalue weighted by molar-refractivity contribution is 8.00. The number of thiophene rings is 1. The van der Waals surface area contributed by atoms with Gasteiger partial charge < -0.3 is 0 Å². The molecule has 0 saturated carbocycles. The molecule has 0 spiro atoms. The lowest BCUT2D eigenvalue weighted by atomic mass is 9.93. The van der Waals surface area contributed by atoms with Crippen LogP contribution in [-0.2, 0) is 12.8 Å². The van der Waals surface area contributed by atoms with Crippen LogP contribution in [-0.4, -0.2) is 27.8 Å². The predicted molar refractivity (Wildman–Crippen MR) is 106 cm³/mol. The summed E-state index contributed by atoms with van der Waals surface area (Å²) >= 11 is 4.98. The molecule has 2 heterocycles. The van der Waals surface area contributed by atoms with Gasteiger partial charge in [-0.05, 0) is 35.6 Å². The lowest BCUT2D eigenvalue weighted by Gasteiger charge is -2.17. The Morgan fingerprint density at radius 1 is 1.20 bits per heavy atom. The summed E-state index contributed by atoms with van der Waals surface area (Å²) in [4.78, 5) is 21.5. The third-order valence-corrected chi connectivity index (χ3v) is 7.24. The van der Waals surface area contributed by atoms with E-state index < -0.39 is 0 Å². The number of carbonyl (C=O) groups excluding carboxylic acids is 1. The van der Waals surface area contributed by atoms with E-state index in [4.69, 9.17) is 4.98 Å². The Morgan fingerprint density at radius 2 is 2.00 bits per heavy atom. The number of thioether (sulfide) groups is 2. The third-order valence-electron chi connectivity index (χ3n) is 4.19. The molecule has 0 bridgehead atoms. The first-order valence-corrected chi connectivity index (χ1v) is 11.1. The van der Waals surface area contributed by atoms with E-state index in [1.54, 1.807) is 23.1 Å². The van der Waals surface area contributed by atoms with Gasteiger partial charge in [0, 0.05) is 17.3 Å². The second kappa shape index (κ2) is 7.32. The lowest BCUT2D eigenvalue weighted by molar-refractivity contribution is 0.102. The van der Waals surface area contributed by atoms with Crippen LogP contribution in [0.25, 0.3) is 11.3 Å². The fraction of sp³-hybridized carbons (Fsp3) is 0.211. The summed E-state index contributed by atoms with van der Waals surface area (Å²) in [6.45, 7) is 0. The molecular formula is C19H16N2OS3. The summed E-state index contributed by atoms with van der Waals surface area (Å²) in [5.41, 5.74) is 5.66. The average molecular weight is 385 g/mol. The highest BCUT2D eigenvalue weighted by Gasteiger charge is 2.23. The highest BCUT2D eigenvalue weighted by Crippen LogP contribution is 2.42.